The predicted octanol–water partition coefficient (Wildman–Crippen LogP) is 1.89. The molecule has 0 spiro atoms. The van der Waals surface area contributed by atoms with E-state index in [2.05, 4.69) is 34.9 Å². The molecule has 0 amide bonds. The zero-order valence-corrected chi connectivity index (χ0v) is 20.3. The Hall–Kier alpha value is -3.10. The molecule has 2 aliphatic heterocycles. The third-order valence-electron chi connectivity index (χ3n) is 7.61. The average Bonchev–Trinajstić information content (AvgIpc) is 3.68. The van der Waals surface area contributed by atoms with E-state index in [4.69, 9.17) is 18.9 Å². The third-order valence-corrected chi connectivity index (χ3v) is 7.61. The lowest BCUT2D eigenvalue weighted by atomic mass is 10.1. The highest BCUT2D eigenvalue weighted by Gasteiger charge is 2.38. The number of fused-ring (bicyclic) bond motifs is 2. The lowest BCUT2D eigenvalue weighted by molar-refractivity contribution is -0.176. The summed E-state index contributed by atoms with van der Waals surface area (Å²) in [6.07, 6.45) is 4.80. The van der Waals surface area contributed by atoms with Crippen LogP contribution in [0.2, 0.25) is 0 Å². The summed E-state index contributed by atoms with van der Waals surface area (Å²) in [4.78, 5) is 25.2. The number of hydrogen-bond acceptors (Lipinski definition) is 8. The van der Waals surface area contributed by atoms with Crippen LogP contribution in [-0.2, 0) is 44.7 Å². The maximum atomic E-state index is 12.6. The van der Waals surface area contributed by atoms with Crippen molar-refractivity contribution in [3.63, 3.8) is 0 Å². The van der Waals surface area contributed by atoms with Crippen LogP contribution in [0, 0.1) is 0 Å². The number of carbonyl (C=O) groups excluding carboxylic acids is 2. The van der Waals surface area contributed by atoms with E-state index in [-0.39, 0.29) is 12.2 Å². The molecule has 4 unspecified atom stereocenters. The summed E-state index contributed by atoms with van der Waals surface area (Å²) >= 11 is 0. The van der Waals surface area contributed by atoms with Gasteiger partial charge in [-0.25, -0.2) is 9.59 Å². The molecule has 0 radical (unpaired) electrons. The fourth-order valence-electron chi connectivity index (χ4n) is 5.70. The van der Waals surface area contributed by atoms with Gasteiger partial charge in [-0.15, -0.1) is 0 Å². The van der Waals surface area contributed by atoms with E-state index >= 15 is 0 Å². The molecule has 4 atom stereocenters. The molecule has 8 heteroatoms. The Morgan fingerprint density at radius 2 is 1.00 bits per heavy atom. The Morgan fingerprint density at radius 1 is 0.583 bits per heavy atom. The number of hydrogen-bond donors (Lipinski definition) is 2. The molecule has 0 aromatic heterocycles. The standard InChI is InChI=1S/C28H32N2O6/c31-27(35-25-15-29-13-23(25)33-21-9-7-17-3-1-5-19(17)11-21)28(32)36-26-16-30-14-24(26)34-22-10-8-18-4-2-6-20(18)12-22/h7-12,23-26,29-30H,1-6,13-16H2. The number of nitrogens with one attached hydrogen (secondary N) is 2. The second-order valence-corrected chi connectivity index (χ2v) is 10.1. The van der Waals surface area contributed by atoms with Crippen molar-refractivity contribution < 1.29 is 28.5 Å². The van der Waals surface area contributed by atoms with Crippen LogP contribution in [-0.4, -0.2) is 62.5 Å². The smallest absolute Gasteiger partial charge is 0.417 e. The van der Waals surface area contributed by atoms with Crippen LogP contribution in [0.25, 0.3) is 0 Å². The Kier molecular flexibility index (Phi) is 6.54. The minimum atomic E-state index is -1.01. The largest absolute Gasteiger partial charge is 0.485 e. The van der Waals surface area contributed by atoms with Gasteiger partial charge in [0.2, 0.25) is 0 Å². The Balaban J connectivity index is 1.03. The predicted molar refractivity (Wildman–Crippen MR) is 131 cm³/mol. The van der Waals surface area contributed by atoms with Crippen molar-refractivity contribution in [2.24, 2.45) is 0 Å². The summed E-state index contributed by atoms with van der Waals surface area (Å²) in [5, 5.41) is 6.36. The van der Waals surface area contributed by atoms with Crippen molar-refractivity contribution in [1.82, 2.24) is 10.6 Å². The van der Waals surface area contributed by atoms with Gasteiger partial charge in [-0.2, -0.15) is 0 Å². The second-order valence-electron chi connectivity index (χ2n) is 10.1. The highest BCUT2D eigenvalue weighted by atomic mass is 16.6. The molecule has 2 aromatic rings. The molecule has 36 heavy (non-hydrogen) atoms. The second kappa shape index (κ2) is 10.1. The molecule has 6 rings (SSSR count). The van der Waals surface area contributed by atoms with E-state index < -0.39 is 24.1 Å². The SMILES string of the molecule is O=C(OC1CNCC1Oc1ccc2c(c1)CCC2)C(=O)OC1CNCC1Oc1ccc2c(c1)CCC2. The van der Waals surface area contributed by atoms with Gasteiger partial charge in [0.25, 0.3) is 0 Å². The van der Waals surface area contributed by atoms with Gasteiger partial charge >= 0.3 is 11.9 Å². The first-order valence-electron chi connectivity index (χ1n) is 13.0. The topological polar surface area (TPSA) is 95.1 Å². The fourth-order valence-corrected chi connectivity index (χ4v) is 5.70. The molecular weight excluding hydrogens is 460 g/mol. The fraction of sp³-hybridized carbons (Fsp3) is 0.500. The van der Waals surface area contributed by atoms with E-state index in [1.165, 1.54) is 35.1 Å². The summed E-state index contributed by atoms with van der Waals surface area (Å²) < 4.78 is 23.2. The van der Waals surface area contributed by atoms with Crippen molar-refractivity contribution in [2.75, 3.05) is 26.2 Å². The highest BCUT2D eigenvalue weighted by molar-refractivity contribution is 6.29. The molecule has 0 saturated carbocycles. The zero-order chi connectivity index (χ0) is 24.5. The van der Waals surface area contributed by atoms with Crippen LogP contribution in [0.5, 0.6) is 11.5 Å². The molecule has 2 aliphatic carbocycles. The molecule has 2 N–H and O–H groups in total. The average molecular weight is 493 g/mol. The Morgan fingerprint density at radius 3 is 1.47 bits per heavy atom. The number of aryl methyl sites for hydroxylation is 4. The number of esters is 2. The molecule has 190 valence electrons. The van der Waals surface area contributed by atoms with Gasteiger partial charge in [0.05, 0.1) is 0 Å². The Labute approximate surface area is 210 Å². The molecule has 2 fully saturated rings. The number of rotatable bonds is 6. The van der Waals surface area contributed by atoms with Crippen molar-refractivity contribution in [2.45, 2.75) is 62.9 Å². The molecule has 8 nitrogen and oxygen atoms in total. The lowest BCUT2D eigenvalue weighted by Gasteiger charge is -2.22. The summed E-state index contributed by atoms with van der Waals surface area (Å²) in [6, 6.07) is 12.3. The van der Waals surface area contributed by atoms with Gasteiger partial charge in [0.15, 0.2) is 12.2 Å². The van der Waals surface area contributed by atoms with Crippen LogP contribution < -0.4 is 20.1 Å². The number of ether oxygens (including phenoxy) is 4. The summed E-state index contributed by atoms with van der Waals surface area (Å²) in [6.45, 7) is 1.91. The van der Waals surface area contributed by atoms with Gasteiger partial charge in [0.1, 0.15) is 23.7 Å². The van der Waals surface area contributed by atoms with Crippen molar-refractivity contribution in [3.05, 3.63) is 58.7 Å². The lowest BCUT2D eigenvalue weighted by Crippen LogP contribution is -2.40. The van der Waals surface area contributed by atoms with Crippen LogP contribution in [0.4, 0.5) is 0 Å². The van der Waals surface area contributed by atoms with Crippen LogP contribution in [0.15, 0.2) is 36.4 Å². The van der Waals surface area contributed by atoms with E-state index in [1.807, 2.05) is 12.1 Å². The molecule has 0 bridgehead atoms. The monoisotopic (exact) mass is 492 g/mol. The minimum absolute atomic E-state index is 0.370. The first kappa shape index (κ1) is 23.3. The van der Waals surface area contributed by atoms with Gasteiger partial charge in [-0.1, -0.05) is 12.1 Å². The van der Waals surface area contributed by atoms with Gasteiger partial charge in [-0.3, -0.25) is 0 Å². The van der Waals surface area contributed by atoms with Crippen molar-refractivity contribution in [1.29, 1.82) is 0 Å². The van der Waals surface area contributed by atoms with E-state index in [9.17, 15) is 9.59 Å². The van der Waals surface area contributed by atoms with Crippen molar-refractivity contribution >= 4 is 11.9 Å². The molecule has 2 heterocycles. The zero-order valence-electron chi connectivity index (χ0n) is 20.3. The number of carbonyl (C=O) groups is 2. The first-order chi connectivity index (χ1) is 17.6. The summed E-state index contributed by atoms with van der Waals surface area (Å²) in [5.74, 6) is -0.489. The van der Waals surface area contributed by atoms with Gasteiger partial charge < -0.3 is 29.6 Å². The summed E-state index contributed by atoms with van der Waals surface area (Å²) in [5.41, 5.74) is 5.38. The quantitative estimate of drug-likeness (QED) is 0.467. The number of benzene rings is 2. The van der Waals surface area contributed by atoms with Crippen LogP contribution in [0.3, 0.4) is 0 Å². The maximum absolute atomic E-state index is 12.6. The van der Waals surface area contributed by atoms with E-state index in [0.29, 0.717) is 26.2 Å². The van der Waals surface area contributed by atoms with Crippen molar-refractivity contribution in [3.8, 4) is 11.5 Å². The van der Waals surface area contributed by atoms with Crippen LogP contribution >= 0.6 is 0 Å². The van der Waals surface area contributed by atoms with Gasteiger partial charge in [-0.05, 0) is 85.0 Å². The van der Waals surface area contributed by atoms with Gasteiger partial charge in [0, 0.05) is 26.2 Å². The molecule has 4 aliphatic rings. The maximum Gasteiger partial charge on any atom is 0.417 e. The first-order valence-corrected chi connectivity index (χ1v) is 13.0. The highest BCUT2D eigenvalue weighted by Crippen LogP contribution is 2.29. The van der Waals surface area contributed by atoms with Crippen LogP contribution in [0.1, 0.15) is 35.1 Å². The molecular formula is C28H32N2O6. The Bertz CT molecular complexity index is 1060. The summed E-state index contributed by atoms with van der Waals surface area (Å²) in [7, 11) is 0. The van der Waals surface area contributed by atoms with E-state index in [1.54, 1.807) is 0 Å². The molecule has 2 saturated heterocycles. The minimum Gasteiger partial charge on any atom is -0.485 e. The molecule has 2 aromatic carbocycles. The van der Waals surface area contributed by atoms with E-state index in [0.717, 1.165) is 37.2 Å². The normalized spacial score (nSPS) is 26.3. The third kappa shape index (κ3) is 4.92.